The number of nitrogens with one attached hydrogen (secondary N) is 1. The minimum Gasteiger partial charge on any atom is -0.384 e. The predicted octanol–water partition coefficient (Wildman–Crippen LogP) is 3.60. The summed E-state index contributed by atoms with van der Waals surface area (Å²) in [6, 6.07) is 11.6. The van der Waals surface area contributed by atoms with Crippen LogP contribution in [0.3, 0.4) is 0 Å². The van der Waals surface area contributed by atoms with Gasteiger partial charge in [0.05, 0.1) is 10.5 Å². The number of halogens is 1. The number of likely N-dealkylation sites (tertiary alicyclic amines) is 1. The quantitative estimate of drug-likeness (QED) is 0.507. The number of aliphatic hydroxyl groups is 1. The van der Waals surface area contributed by atoms with Gasteiger partial charge in [-0.25, -0.2) is 8.42 Å². The highest BCUT2D eigenvalue weighted by molar-refractivity contribution is 7.92. The van der Waals surface area contributed by atoms with Gasteiger partial charge in [-0.05, 0) is 55.2 Å². The van der Waals surface area contributed by atoms with E-state index in [0.29, 0.717) is 18.0 Å². The summed E-state index contributed by atoms with van der Waals surface area (Å²) >= 11 is 6.02. The monoisotopic (exact) mass is 562 g/mol. The molecule has 0 spiro atoms. The van der Waals surface area contributed by atoms with Gasteiger partial charge in [0.1, 0.15) is 17.6 Å². The van der Waals surface area contributed by atoms with Crippen molar-refractivity contribution in [1.82, 2.24) is 10.2 Å². The van der Waals surface area contributed by atoms with E-state index in [0.717, 1.165) is 5.56 Å². The third-order valence-electron chi connectivity index (χ3n) is 7.15. The topological polar surface area (TPSA) is 121 Å². The Morgan fingerprint density at radius 2 is 1.74 bits per heavy atom. The van der Waals surface area contributed by atoms with Crippen molar-refractivity contribution in [2.75, 3.05) is 18.8 Å². The summed E-state index contributed by atoms with van der Waals surface area (Å²) < 4.78 is 24.9. The van der Waals surface area contributed by atoms with Gasteiger partial charge in [-0.15, -0.1) is 0 Å². The van der Waals surface area contributed by atoms with Crippen LogP contribution in [0, 0.1) is 11.3 Å². The molecule has 0 aliphatic carbocycles. The van der Waals surface area contributed by atoms with E-state index in [-0.39, 0.29) is 28.8 Å². The predicted molar refractivity (Wildman–Crippen MR) is 146 cm³/mol. The van der Waals surface area contributed by atoms with Crippen LogP contribution in [0.1, 0.15) is 57.0 Å². The fourth-order valence-corrected chi connectivity index (χ4v) is 6.31. The number of sulfone groups is 1. The third-order valence-corrected chi connectivity index (χ3v) is 9.16. The first kappa shape index (κ1) is 29.8. The number of carbonyl (C=O) groups excluding carboxylic acids is 3. The first-order valence-electron chi connectivity index (χ1n) is 12.5. The number of hydrogen-bond acceptors (Lipinski definition) is 6. The van der Waals surface area contributed by atoms with Crippen molar-refractivity contribution in [1.29, 1.82) is 0 Å². The van der Waals surface area contributed by atoms with Crippen molar-refractivity contribution in [2.24, 2.45) is 11.3 Å². The van der Waals surface area contributed by atoms with Crippen LogP contribution in [-0.2, 0) is 25.0 Å². The number of benzene rings is 2. The second-order valence-electron chi connectivity index (χ2n) is 10.9. The van der Waals surface area contributed by atoms with Crippen molar-refractivity contribution >= 4 is 39.0 Å². The number of piperidine rings is 1. The summed E-state index contributed by atoms with van der Waals surface area (Å²) in [6.07, 6.45) is 0.308. The molecule has 2 N–H and O–H groups in total. The van der Waals surface area contributed by atoms with Crippen molar-refractivity contribution < 1.29 is 27.9 Å². The molecule has 0 saturated carbocycles. The van der Waals surface area contributed by atoms with Gasteiger partial charge in [0.15, 0.2) is 9.84 Å². The van der Waals surface area contributed by atoms with Gasteiger partial charge in [-0.2, -0.15) is 0 Å². The van der Waals surface area contributed by atoms with Crippen molar-refractivity contribution in [3.63, 3.8) is 0 Å². The summed E-state index contributed by atoms with van der Waals surface area (Å²) in [5.74, 6) is -2.28. The molecule has 1 saturated heterocycles. The van der Waals surface area contributed by atoms with Crippen LogP contribution in [0.25, 0.3) is 0 Å². The Bertz CT molecular complexity index is 1320. The Morgan fingerprint density at radius 3 is 2.29 bits per heavy atom. The lowest BCUT2D eigenvalue weighted by Gasteiger charge is -2.51. The van der Waals surface area contributed by atoms with E-state index in [1.165, 1.54) is 31.2 Å². The Morgan fingerprint density at radius 1 is 1.11 bits per heavy atom. The van der Waals surface area contributed by atoms with Gasteiger partial charge >= 0.3 is 0 Å². The van der Waals surface area contributed by atoms with E-state index in [4.69, 9.17) is 11.6 Å². The SMILES string of the molecule is CC(=O)CS(=O)(=O)c1cccc(C(=O)N[C@@H](C(=O)N2CC[C@](O)(c3ccc(Cl)cc3)C(C)(C)C2)C(C)C)c1. The van der Waals surface area contributed by atoms with Crippen LogP contribution < -0.4 is 5.32 Å². The van der Waals surface area contributed by atoms with Crippen molar-refractivity contribution in [2.45, 2.75) is 57.6 Å². The van der Waals surface area contributed by atoms with Crippen LogP contribution in [0.5, 0.6) is 0 Å². The van der Waals surface area contributed by atoms with E-state index < -0.39 is 44.3 Å². The summed E-state index contributed by atoms with van der Waals surface area (Å²) in [5, 5.41) is 15.0. The summed E-state index contributed by atoms with van der Waals surface area (Å²) in [5.41, 5.74) is -1.06. The largest absolute Gasteiger partial charge is 0.384 e. The normalized spacial score (nSPS) is 20.2. The van der Waals surface area contributed by atoms with E-state index >= 15 is 0 Å². The number of nitrogens with zero attached hydrogens (tertiary/aromatic N) is 1. The van der Waals surface area contributed by atoms with Gasteiger partial charge in [-0.3, -0.25) is 14.4 Å². The van der Waals surface area contributed by atoms with Gasteiger partial charge in [0, 0.05) is 29.1 Å². The molecule has 0 radical (unpaired) electrons. The Hall–Kier alpha value is -2.75. The Balaban J connectivity index is 1.79. The van der Waals surface area contributed by atoms with Gasteiger partial charge in [0.25, 0.3) is 5.91 Å². The number of amides is 2. The first-order valence-corrected chi connectivity index (χ1v) is 14.5. The van der Waals surface area contributed by atoms with Crippen LogP contribution in [0.15, 0.2) is 53.4 Å². The molecule has 2 aromatic carbocycles. The van der Waals surface area contributed by atoms with Gasteiger partial charge < -0.3 is 15.3 Å². The van der Waals surface area contributed by atoms with E-state index in [1.54, 1.807) is 29.2 Å². The maximum absolute atomic E-state index is 13.6. The zero-order valence-electron chi connectivity index (χ0n) is 22.3. The van der Waals surface area contributed by atoms with Gasteiger partial charge in [0.2, 0.25) is 5.91 Å². The van der Waals surface area contributed by atoms with Crippen molar-refractivity contribution in [3.8, 4) is 0 Å². The molecular formula is C28H35ClN2O6S. The minimum absolute atomic E-state index is 0.0733. The molecule has 206 valence electrons. The fourth-order valence-electron chi connectivity index (χ4n) is 4.89. The number of ketones is 1. The second-order valence-corrected chi connectivity index (χ2v) is 13.4. The molecule has 3 rings (SSSR count). The Labute approximate surface area is 229 Å². The van der Waals surface area contributed by atoms with Crippen LogP contribution in [-0.4, -0.2) is 60.9 Å². The summed E-state index contributed by atoms with van der Waals surface area (Å²) in [4.78, 5) is 39.6. The summed E-state index contributed by atoms with van der Waals surface area (Å²) in [6.45, 7) is 9.17. The molecule has 38 heavy (non-hydrogen) atoms. The first-order chi connectivity index (χ1) is 17.6. The van der Waals surface area contributed by atoms with Crippen LogP contribution in [0.4, 0.5) is 0 Å². The number of rotatable bonds is 8. The van der Waals surface area contributed by atoms with Crippen LogP contribution >= 0.6 is 11.6 Å². The lowest BCUT2D eigenvalue weighted by atomic mass is 9.66. The third kappa shape index (κ3) is 6.27. The zero-order valence-corrected chi connectivity index (χ0v) is 23.9. The Kier molecular flexibility index (Phi) is 8.75. The smallest absolute Gasteiger partial charge is 0.251 e. The highest BCUT2D eigenvalue weighted by Gasteiger charge is 2.50. The second kappa shape index (κ2) is 11.2. The molecule has 1 aliphatic heterocycles. The number of carbonyl (C=O) groups is 3. The number of hydrogen-bond donors (Lipinski definition) is 2. The van der Waals surface area contributed by atoms with Crippen molar-refractivity contribution in [3.05, 3.63) is 64.7 Å². The molecule has 0 unspecified atom stereocenters. The average Bonchev–Trinajstić information content (AvgIpc) is 2.83. The summed E-state index contributed by atoms with van der Waals surface area (Å²) in [7, 11) is -3.88. The molecule has 8 nitrogen and oxygen atoms in total. The average molecular weight is 563 g/mol. The molecule has 10 heteroatoms. The molecular weight excluding hydrogens is 528 g/mol. The lowest BCUT2D eigenvalue weighted by molar-refractivity contribution is -0.155. The minimum atomic E-state index is -3.88. The highest BCUT2D eigenvalue weighted by Crippen LogP contribution is 2.46. The number of Topliss-reactive ketones (excluding diaryl/α,β-unsaturated/α-hetero) is 1. The standard InChI is InChI=1S/C28H35ClN2O6S/c1-18(2)24(30-25(33)20-7-6-8-23(15-20)38(36,37)16-19(3)32)26(34)31-14-13-28(35,27(4,5)17-31)21-9-11-22(29)12-10-21/h6-12,15,18,24,35H,13-14,16-17H2,1-5H3,(H,30,33)/t24-,28+/m1/s1. The molecule has 1 fully saturated rings. The maximum Gasteiger partial charge on any atom is 0.251 e. The molecule has 2 aromatic rings. The molecule has 0 aromatic heterocycles. The van der Waals surface area contributed by atoms with Gasteiger partial charge in [-0.1, -0.05) is 57.5 Å². The van der Waals surface area contributed by atoms with E-state index in [9.17, 15) is 27.9 Å². The molecule has 0 bridgehead atoms. The molecule has 1 aliphatic rings. The van der Waals surface area contributed by atoms with Crippen LogP contribution in [0.2, 0.25) is 5.02 Å². The zero-order chi connectivity index (χ0) is 28.5. The molecule has 2 atom stereocenters. The fraction of sp³-hybridized carbons (Fsp3) is 0.464. The molecule has 2 amide bonds. The van der Waals surface area contributed by atoms with E-state index in [2.05, 4.69) is 5.32 Å². The lowest BCUT2D eigenvalue weighted by Crippen LogP contribution is -2.60. The molecule has 1 heterocycles. The van der Waals surface area contributed by atoms with E-state index in [1.807, 2.05) is 27.7 Å². The highest BCUT2D eigenvalue weighted by atomic mass is 35.5. The maximum atomic E-state index is 13.6.